The highest BCUT2D eigenvalue weighted by Gasteiger charge is 2.13. The normalized spacial score (nSPS) is 10.0. The van der Waals surface area contributed by atoms with Crippen LogP contribution in [0.1, 0.15) is 22.8 Å². The molecule has 25 heavy (non-hydrogen) atoms. The summed E-state index contributed by atoms with van der Waals surface area (Å²) in [5, 5.41) is 5.46. The van der Waals surface area contributed by atoms with Crippen LogP contribution in [0, 0.1) is 0 Å². The number of carbonyl (C=O) groups is 2. The lowest BCUT2D eigenvalue weighted by Gasteiger charge is -2.11. The number of benzene rings is 2. The molecular formula is C19H22N2O4. The molecule has 0 radical (unpaired) electrons. The van der Waals surface area contributed by atoms with Gasteiger partial charge in [-0.3, -0.25) is 0 Å². The Kier molecular flexibility index (Phi) is 6.83. The zero-order chi connectivity index (χ0) is 18.1. The first-order valence-corrected chi connectivity index (χ1v) is 8.08. The number of methoxy groups -OCH3 is 1. The third kappa shape index (κ3) is 5.53. The van der Waals surface area contributed by atoms with Crippen LogP contribution in [0.25, 0.3) is 0 Å². The lowest BCUT2D eigenvalue weighted by molar-refractivity contribution is 0.0527. The van der Waals surface area contributed by atoms with Crippen LogP contribution < -0.4 is 15.4 Å². The second kappa shape index (κ2) is 9.32. The highest BCUT2D eigenvalue weighted by Crippen LogP contribution is 2.16. The molecule has 0 spiro atoms. The Balaban J connectivity index is 1.86. The molecule has 2 amide bonds. The van der Waals surface area contributed by atoms with E-state index in [2.05, 4.69) is 10.6 Å². The van der Waals surface area contributed by atoms with Crippen LogP contribution in [0.5, 0.6) is 5.75 Å². The van der Waals surface area contributed by atoms with Crippen molar-refractivity contribution < 1.29 is 19.1 Å². The molecule has 6 heteroatoms. The molecule has 0 aliphatic rings. The fourth-order valence-electron chi connectivity index (χ4n) is 2.26. The molecule has 0 aliphatic heterocycles. The number of rotatable bonds is 7. The Morgan fingerprint density at radius 1 is 1.04 bits per heavy atom. The minimum Gasteiger partial charge on any atom is -0.497 e. The van der Waals surface area contributed by atoms with Gasteiger partial charge in [0, 0.05) is 6.54 Å². The summed E-state index contributed by atoms with van der Waals surface area (Å²) in [6, 6.07) is 14.0. The van der Waals surface area contributed by atoms with Gasteiger partial charge in [0.15, 0.2) is 0 Å². The summed E-state index contributed by atoms with van der Waals surface area (Å²) in [7, 11) is 1.62. The average Bonchev–Trinajstić information content (AvgIpc) is 2.63. The van der Waals surface area contributed by atoms with Crippen molar-refractivity contribution in [2.75, 3.05) is 25.6 Å². The fourth-order valence-corrected chi connectivity index (χ4v) is 2.26. The van der Waals surface area contributed by atoms with Gasteiger partial charge in [0.2, 0.25) is 0 Å². The number of esters is 1. The summed E-state index contributed by atoms with van der Waals surface area (Å²) in [4.78, 5) is 23.9. The monoisotopic (exact) mass is 342 g/mol. The number of urea groups is 1. The third-order valence-corrected chi connectivity index (χ3v) is 3.53. The molecule has 0 bridgehead atoms. The zero-order valence-electron chi connectivity index (χ0n) is 14.4. The van der Waals surface area contributed by atoms with Crippen LogP contribution in [-0.2, 0) is 11.2 Å². The van der Waals surface area contributed by atoms with Gasteiger partial charge in [0.25, 0.3) is 0 Å². The van der Waals surface area contributed by atoms with Crippen LogP contribution >= 0.6 is 0 Å². The Morgan fingerprint density at radius 2 is 1.76 bits per heavy atom. The van der Waals surface area contributed by atoms with E-state index in [0.29, 0.717) is 24.2 Å². The summed E-state index contributed by atoms with van der Waals surface area (Å²) in [5.41, 5.74) is 1.84. The number of carbonyl (C=O) groups excluding carboxylic acids is 2. The van der Waals surface area contributed by atoms with Crippen molar-refractivity contribution in [1.29, 1.82) is 0 Å². The molecule has 0 saturated heterocycles. The number of ether oxygens (including phenoxy) is 2. The second-order valence-corrected chi connectivity index (χ2v) is 5.25. The van der Waals surface area contributed by atoms with E-state index >= 15 is 0 Å². The Labute approximate surface area is 147 Å². The van der Waals surface area contributed by atoms with Crippen LogP contribution in [0.4, 0.5) is 10.5 Å². The van der Waals surface area contributed by atoms with Crippen molar-refractivity contribution in [3.63, 3.8) is 0 Å². The first-order chi connectivity index (χ1) is 12.1. The number of hydrogen-bond donors (Lipinski definition) is 2. The van der Waals surface area contributed by atoms with Crippen molar-refractivity contribution in [3.05, 3.63) is 59.7 Å². The number of para-hydroxylation sites is 1. The summed E-state index contributed by atoms with van der Waals surface area (Å²) in [5.74, 6) is 0.335. The number of nitrogens with one attached hydrogen (secondary N) is 2. The minimum atomic E-state index is -0.461. The summed E-state index contributed by atoms with van der Waals surface area (Å²) in [6.45, 7) is 2.49. The molecule has 2 N–H and O–H groups in total. The molecule has 0 unspecified atom stereocenters. The smallest absolute Gasteiger partial charge is 0.340 e. The van der Waals surface area contributed by atoms with E-state index in [1.807, 2.05) is 24.3 Å². The van der Waals surface area contributed by atoms with Crippen molar-refractivity contribution in [2.24, 2.45) is 0 Å². The van der Waals surface area contributed by atoms with Gasteiger partial charge in [0.05, 0.1) is 25.0 Å². The number of amides is 2. The maximum absolute atomic E-state index is 12.0. The lowest BCUT2D eigenvalue weighted by atomic mass is 10.1. The van der Waals surface area contributed by atoms with Crippen LogP contribution in [0.3, 0.4) is 0 Å². The van der Waals surface area contributed by atoms with Gasteiger partial charge in [-0.2, -0.15) is 0 Å². The van der Waals surface area contributed by atoms with Gasteiger partial charge in [-0.05, 0) is 43.2 Å². The molecule has 0 heterocycles. The van der Waals surface area contributed by atoms with Crippen LogP contribution in [-0.4, -0.2) is 32.3 Å². The summed E-state index contributed by atoms with van der Waals surface area (Å²) < 4.78 is 10.1. The molecule has 132 valence electrons. The van der Waals surface area contributed by atoms with Crippen LogP contribution in [0.2, 0.25) is 0 Å². The summed E-state index contributed by atoms with van der Waals surface area (Å²) >= 11 is 0. The molecule has 0 saturated carbocycles. The molecule has 2 aromatic carbocycles. The fraction of sp³-hybridized carbons (Fsp3) is 0.263. The Hall–Kier alpha value is -3.02. The van der Waals surface area contributed by atoms with E-state index in [-0.39, 0.29) is 12.6 Å². The lowest BCUT2D eigenvalue weighted by Crippen LogP contribution is -2.31. The van der Waals surface area contributed by atoms with E-state index in [1.54, 1.807) is 38.3 Å². The molecule has 0 atom stereocenters. The Bertz CT molecular complexity index is 714. The predicted molar refractivity (Wildman–Crippen MR) is 96.1 cm³/mol. The molecule has 0 aliphatic carbocycles. The highest BCUT2D eigenvalue weighted by atomic mass is 16.5. The quantitative estimate of drug-likeness (QED) is 0.758. The van der Waals surface area contributed by atoms with E-state index in [4.69, 9.17) is 9.47 Å². The second-order valence-electron chi connectivity index (χ2n) is 5.25. The van der Waals surface area contributed by atoms with Gasteiger partial charge in [-0.25, -0.2) is 9.59 Å². The van der Waals surface area contributed by atoms with Gasteiger partial charge in [-0.15, -0.1) is 0 Å². The minimum absolute atomic E-state index is 0.279. The maximum atomic E-state index is 12.0. The average molecular weight is 342 g/mol. The van der Waals surface area contributed by atoms with E-state index in [9.17, 15) is 9.59 Å². The zero-order valence-corrected chi connectivity index (χ0v) is 14.4. The van der Waals surface area contributed by atoms with E-state index < -0.39 is 5.97 Å². The Morgan fingerprint density at radius 3 is 2.44 bits per heavy atom. The molecule has 2 rings (SSSR count). The third-order valence-electron chi connectivity index (χ3n) is 3.53. The number of anilines is 1. The van der Waals surface area contributed by atoms with Crippen LogP contribution in [0.15, 0.2) is 48.5 Å². The maximum Gasteiger partial charge on any atom is 0.340 e. The molecular weight excluding hydrogens is 320 g/mol. The molecule has 6 nitrogen and oxygen atoms in total. The van der Waals surface area contributed by atoms with Gasteiger partial charge in [0.1, 0.15) is 5.75 Å². The van der Waals surface area contributed by atoms with Crippen molar-refractivity contribution in [1.82, 2.24) is 5.32 Å². The molecule has 0 aromatic heterocycles. The SMILES string of the molecule is CCOC(=O)c1ccccc1NC(=O)NCCc1ccc(OC)cc1. The van der Waals surface area contributed by atoms with Crippen molar-refractivity contribution in [3.8, 4) is 5.75 Å². The predicted octanol–water partition coefficient (Wildman–Crippen LogP) is 3.24. The van der Waals surface area contributed by atoms with Gasteiger partial charge >= 0.3 is 12.0 Å². The molecule has 2 aromatic rings. The first kappa shape index (κ1) is 18.3. The molecule has 0 fully saturated rings. The first-order valence-electron chi connectivity index (χ1n) is 8.08. The van der Waals surface area contributed by atoms with E-state index in [1.165, 1.54) is 0 Å². The largest absolute Gasteiger partial charge is 0.497 e. The standard InChI is InChI=1S/C19H22N2O4/c1-3-25-18(22)16-6-4-5-7-17(16)21-19(23)20-13-12-14-8-10-15(24-2)11-9-14/h4-11H,3,12-13H2,1-2H3,(H2,20,21,23). The summed E-state index contributed by atoms with van der Waals surface area (Å²) in [6.07, 6.45) is 0.691. The van der Waals surface area contributed by atoms with Crippen molar-refractivity contribution in [2.45, 2.75) is 13.3 Å². The van der Waals surface area contributed by atoms with E-state index in [0.717, 1.165) is 11.3 Å². The van der Waals surface area contributed by atoms with Gasteiger partial charge < -0.3 is 20.1 Å². The van der Waals surface area contributed by atoms with Gasteiger partial charge in [-0.1, -0.05) is 24.3 Å². The topological polar surface area (TPSA) is 76.7 Å². The highest BCUT2D eigenvalue weighted by molar-refractivity contribution is 6.00. The number of hydrogen-bond acceptors (Lipinski definition) is 4. The van der Waals surface area contributed by atoms with Crippen molar-refractivity contribution >= 4 is 17.7 Å².